The normalized spacial score (nSPS) is 17.7. The number of nitrogens with zero attached hydrogens (tertiary/aromatic N) is 4. The van der Waals surface area contributed by atoms with E-state index in [9.17, 15) is 0 Å². The van der Waals surface area contributed by atoms with E-state index in [1.165, 1.54) is 16.8 Å². The second-order valence-electron chi connectivity index (χ2n) is 4.85. The van der Waals surface area contributed by atoms with Crippen LogP contribution < -0.4 is 24.8 Å². The van der Waals surface area contributed by atoms with Gasteiger partial charge in [0.05, 0.1) is 0 Å². The zero-order valence-electron chi connectivity index (χ0n) is 11.5. The quantitative estimate of drug-likeness (QED) is 0.417. The van der Waals surface area contributed by atoms with Crippen LogP contribution in [0.4, 0.5) is 0 Å². The Morgan fingerprint density at radius 3 is 2.77 bits per heavy atom. The summed E-state index contributed by atoms with van der Waals surface area (Å²) in [5, 5.41) is 11.7. The molecular formula is C15H12Cl2HfN4. The number of allylic oxidation sites excluding steroid dienone is 5. The van der Waals surface area contributed by atoms with E-state index in [4.69, 9.17) is 0 Å². The summed E-state index contributed by atoms with van der Waals surface area (Å²) in [5.41, 5.74) is 4.02. The molecule has 0 amide bonds. The van der Waals surface area contributed by atoms with Crippen LogP contribution in [-0.4, -0.2) is 20.2 Å². The molecular weight excluding hydrogens is 486 g/mol. The van der Waals surface area contributed by atoms with Gasteiger partial charge in [0.2, 0.25) is 0 Å². The Morgan fingerprint density at radius 2 is 2.05 bits per heavy atom. The summed E-state index contributed by atoms with van der Waals surface area (Å²) >= 11 is -0.970. The molecule has 0 saturated heterocycles. The van der Waals surface area contributed by atoms with Crippen molar-refractivity contribution >= 4 is 11.8 Å². The Balaban J connectivity index is 0.000000882. The standard InChI is InChI=1S/C10H7N4.C5H5.2ClH.Hf/c1-2-4-9-6-10(5-8(9)3-1)14-7-11-12-13-14;1-2-4-5-3-1;;;/h1-7H;1-3H,4H2;2*1H;/q;;;;+2/p-2. The van der Waals surface area contributed by atoms with E-state index in [1.54, 1.807) is 9.66 Å². The maximum absolute atomic E-state index is 4.09. The molecule has 0 spiro atoms. The van der Waals surface area contributed by atoms with Crippen molar-refractivity contribution < 1.29 is 47.7 Å². The van der Waals surface area contributed by atoms with Gasteiger partial charge in [-0.25, -0.2) is 0 Å². The Morgan fingerprint density at radius 1 is 1.18 bits per heavy atom. The molecule has 4 rings (SSSR count). The molecule has 22 heavy (non-hydrogen) atoms. The fourth-order valence-corrected chi connectivity index (χ4v) is 8.36. The van der Waals surface area contributed by atoms with E-state index in [0.717, 1.165) is 6.42 Å². The summed E-state index contributed by atoms with van der Waals surface area (Å²) in [5.74, 6) is 0. The van der Waals surface area contributed by atoms with E-state index >= 15 is 0 Å². The smallest absolute Gasteiger partial charge is 1.00 e. The van der Waals surface area contributed by atoms with Crippen molar-refractivity contribution in [1.29, 1.82) is 0 Å². The number of fused-ring (bicyclic) bond motifs is 1. The number of halogens is 2. The predicted molar refractivity (Wildman–Crippen MR) is 73.0 cm³/mol. The Kier molecular flexibility index (Phi) is 5.89. The van der Waals surface area contributed by atoms with Crippen LogP contribution in [0.2, 0.25) is 0 Å². The number of rotatable bonds is 3. The summed E-state index contributed by atoms with van der Waals surface area (Å²) < 4.78 is 4.02. The van der Waals surface area contributed by atoms with Gasteiger partial charge < -0.3 is 24.8 Å². The van der Waals surface area contributed by atoms with Gasteiger partial charge in [0.25, 0.3) is 0 Å². The molecule has 4 nitrogen and oxygen atoms in total. The van der Waals surface area contributed by atoms with Crippen molar-refractivity contribution in [2.75, 3.05) is 0 Å². The fraction of sp³-hybridized carbons (Fsp3) is 0.133. The first-order valence-electron chi connectivity index (χ1n) is 6.58. The van der Waals surface area contributed by atoms with Gasteiger partial charge in [-0.3, -0.25) is 0 Å². The minimum absolute atomic E-state index is 0. The molecule has 1 heterocycles. The monoisotopic (exact) mass is 498 g/mol. The molecule has 7 heteroatoms. The molecule has 1 unspecified atom stereocenters. The van der Waals surface area contributed by atoms with E-state index in [0.29, 0.717) is 3.67 Å². The minimum atomic E-state index is -0.970. The molecule has 0 saturated carbocycles. The van der Waals surface area contributed by atoms with Gasteiger partial charge in [-0.15, -0.1) is 0 Å². The average Bonchev–Trinajstić information content (AvgIpc) is 3.19. The zero-order valence-corrected chi connectivity index (χ0v) is 16.6. The summed E-state index contributed by atoms with van der Waals surface area (Å²) in [6, 6.07) is 8.67. The van der Waals surface area contributed by atoms with E-state index < -0.39 is 22.9 Å². The van der Waals surface area contributed by atoms with Crippen LogP contribution in [0.1, 0.15) is 21.2 Å². The van der Waals surface area contributed by atoms with E-state index in [1.807, 2.05) is 4.68 Å². The third kappa shape index (κ3) is 3.16. The fourth-order valence-electron chi connectivity index (χ4n) is 2.68. The zero-order chi connectivity index (χ0) is 13.4. The van der Waals surface area contributed by atoms with Crippen molar-refractivity contribution in [1.82, 2.24) is 20.2 Å². The molecule has 0 N–H and O–H groups in total. The molecule has 2 aliphatic rings. The van der Waals surface area contributed by atoms with Crippen LogP contribution in [0.5, 0.6) is 0 Å². The maximum atomic E-state index is 4.09. The molecule has 0 radical (unpaired) electrons. The predicted octanol–water partition coefficient (Wildman–Crippen LogP) is -3.34. The van der Waals surface area contributed by atoms with Gasteiger partial charge >= 0.3 is 128 Å². The Bertz CT molecular complexity index is 738. The van der Waals surface area contributed by atoms with Gasteiger partial charge in [0.1, 0.15) is 0 Å². The van der Waals surface area contributed by atoms with Crippen molar-refractivity contribution in [3.8, 4) is 0 Å². The first kappa shape index (κ1) is 17.3. The van der Waals surface area contributed by atoms with Gasteiger partial charge in [0.15, 0.2) is 0 Å². The first-order valence-corrected chi connectivity index (χ1v) is 10.4. The van der Waals surface area contributed by atoms with E-state index in [2.05, 4.69) is 64.1 Å². The molecule has 0 bridgehead atoms. The number of hydrogen-bond acceptors (Lipinski definition) is 3. The van der Waals surface area contributed by atoms with Gasteiger partial charge in [-0.2, -0.15) is 0 Å². The van der Waals surface area contributed by atoms with Gasteiger partial charge in [0, 0.05) is 0 Å². The van der Waals surface area contributed by atoms with Crippen LogP contribution in [0, 0.1) is 0 Å². The number of benzene rings is 1. The molecule has 110 valence electrons. The number of tetrazole rings is 1. The summed E-state index contributed by atoms with van der Waals surface area (Å²) in [7, 11) is 0. The minimum Gasteiger partial charge on any atom is -1.00 e. The first-order chi connectivity index (χ1) is 9.92. The van der Waals surface area contributed by atoms with Crippen molar-refractivity contribution in [2.24, 2.45) is 0 Å². The Hall–Kier alpha value is -1.04. The largest absolute Gasteiger partial charge is 1.00 e. The van der Waals surface area contributed by atoms with Crippen LogP contribution in [0.25, 0.3) is 11.8 Å². The van der Waals surface area contributed by atoms with Crippen molar-refractivity contribution in [2.45, 2.75) is 10.1 Å². The molecule has 2 aliphatic carbocycles. The SMILES string of the molecule is C1=CC[C]([Hf+2][CH]2C(n3cnnn3)=Cc3ccccc32)=C1.[Cl-].[Cl-]. The van der Waals surface area contributed by atoms with Gasteiger partial charge in [-0.05, 0) is 0 Å². The molecule has 2 aromatic rings. The third-order valence-corrected chi connectivity index (χ3v) is 9.50. The Labute approximate surface area is 152 Å². The molecule has 0 fully saturated rings. The topological polar surface area (TPSA) is 43.6 Å². The number of aromatic nitrogens is 4. The molecule has 1 aromatic heterocycles. The number of hydrogen-bond donors (Lipinski definition) is 0. The van der Waals surface area contributed by atoms with E-state index in [-0.39, 0.29) is 24.8 Å². The van der Waals surface area contributed by atoms with Crippen LogP contribution in [0.3, 0.4) is 0 Å². The second-order valence-corrected chi connectivity index (χ2v) is 10.3. The molecule has 1 atom stereocenters. The van der Waals surface area contributed by atoms with Crippen LogP contribution in [-0.2, 0) is 22.9 Å². The average molecular weight is 498 g/mol. The summed E-state index contributed by atoms with van der Waals surface area (Å²) in [4.78, 5) is 0. The summed E-state index contributed by atoms with van der Waals surface area (Å²) in [6.45, 7) is 0. The maximum Gasteiger partial charge on any atom is -1.00 e. The third-order valence-electron chi connectivity index (χ3n) is 3.62. The van der Waals surface area contributed by atoms with Crippen LogP contribution >= 0.6 is 0 Å². The van der Waals surface area contributed by atoms with Crippen LogP contribution in [0.15, 0.2) is 52.2 Å². The van der Waals surface area contributed by atoms with Gasteiger partial charge in [-0.1, -0.05) is 0 Å². The summed E-state index contributed by atoms with van der Waals surface area (Å²) in [6.07, 6.45) is 11.8. The molecule has 0 aliphatic heterocycles. The second kappa shape index (κ2) is 7.49. The van der Waals surface area contributed by atoms with Crippen molar-refractivity contribution in [3.63, 3.8) is 0 Å². The van der Waals surface area contributed by atoms with Crippen molar-refractivity contribution in [3.05, 3.63) is 63.3 Å². The molecule has 1 aromatic carbocycles.